The number of nitrogens with two attached hydrogens (primary N) is 1. The number of hydrogen-bond acceptors (Lipinski definition) is 3. The molecule has 4 nitrogen and oxygen atoms in total. The molecule has 2 rings (SSSR count). The average molecular weight is 289 g/mol. The van der Waals surface area contributed by atoms with Gasteiger partial charge >= 0.3 is 0 Å². The Labute approximate surface area is 127 Å². The topological polar surface area (TPSA) is 70.6 Å². The van der Waals surface area contributed by atoms with Crippen molar-refractivity contribution in [1.29, 1.82) is 0 Å². The van der Waals surface area contributed by atoms with Crippen molar-refractivity contribution in [3.8, 4) is 0 Å². The maximum Gasteiger partial charge on any atom is 0.139 e. The van der Waals surface area contributed by atoms with E-state index in [9.17, 15) is 0 Å². The lowest BCUT2D eigenvalue weighted by molar-refractivity contribution is 0.306. The number of hydrogen-bond donors (Lipinski definition) is 3. The summed E-state index contributed by atoms with van der Waals surface area (Å²) in [4.78, 5) is 0. The zero-order valence-corrected chi connectivity index (χ0v) is 13.1. The second-order valence-corrected chi connectivity index (χ2v) is 6.99. The summed E-state index contributed by atoms with van der Waals surface area (Å²) in [5.74, 6) is 0.344. The molecule has 0 radical (unpaired) electrons. The molecule has 0 atom stereocenters. The normalized spacial score (nSPS) is 17.7. The van der Waals surface area contributed by atoms with Gasteiger partial charge in [0.15, 0.2) is 0 Å². The molecule has 0 unspecified atom stereocenters. The summed E-state index contributed by atoms with van der Waals surface area (Å²) in [5, 5.41) is 15.5. The third kappa shape index (κ3) is 5.05. The van der Waals surface area contributed by atoms with E-state index in [0.717, 1.165) is 32.2 Å². The highest BCUT2D eigenvalue weighted by molar-refractivity contribution is 5.80. The zero-order chi connectivity index (χ0) is 15.3. The van der Waals surface area contributed by atoms with Gasteiger partial charge in [0.05, 0.1) is 0 Å². The molecular formula is C17H27N3O. The van der Waals surface area contributed by atoms with Gasteiger partial charge in [-0.1, -0.05) is 35.5 Å². The van der Waals surface area contributed by atoms with Gasteiger partial charge in [0, 0.05) is 18.5 Å². The lowest BCUT2D eigenvalue weighted by atomic mass is 9.93. The summed E-state index contributed by atoms with van der Waals surface area (Å²) in [6, 6.07) is 10.6. The van der Waals surface area contributed by atoms with Crippen LogP contribution in [0.25, 0.3) is 0 Å². The molecular weight excluding hydrogens is 262 g/mol. The van der Waals surface area contributed by atoms with E-state index in [1.165, 1.54) is 5.56 Å². The minimum atomic E-state index is 0.0938. The molecule has 21 heavy (non-hydrogen) atoms. The van der Waals surface area contributed by atoms with Crippen molar-refractivity contribution in [2.24, 2.45) is 16.3 Å². The third-order valence-electron chi connectivity index (χ3n) is 4.47. The number of nitrogens with one attached hydrogen (secondary N) is 1. The smallest absolute Gasteiger partial charge is 0.139 e. The molecule has 0 spiro atoms. The molecule has 1 aliphatic rings. The van der Waals surface area contributed by atoms with Gasteiger partial charge in [-0.2, -0.15) is 0 Å². The first kappa shape index (κ1) is 15.8. The van der Waals surface area contributed by atoms with Crippen molar-refractivity contribution in [3.05, 3.63) is 35.9 Å². The Balaban J connectivity index is 1.79. The van der Waals surface area contributed by atoms with Gasteiger partial charge in [0.2, 0.25) is 0 Å². The molecule has 0 saturated heterocycles. The number of rotatable bonds is 8. The van der Waals surface area contributed by atoms with Gasteiger partial charge in [0.1, 0.15) is 5.84 Å². The predicted octanol–water partition coefficient (Wildman–Crippen LogP) is 2.90. The van der Waals surface area contributed by atoms with E-state index < -0.39 is 0 Å². The predicted molar refractivity (Wildman–Crippen MR) is 86.5 cm³/mol. The fourth-order valence-electron chi connectivity index (χ4n) is 2.63. The Kier molecular flexibility index (Phi) is 4.88. The second-order valence-electron chi connectivity index (χ2n) is 6.99. The van der Waals surface area contributed by atoms with Crippen LogP contribution in [0.15, 0.2) is 35.5 Å². The summed E-state index contributed by atoms with van der Waals surface area (Å²) < 4.78 is 0. The van der Waals surface area contributed by atoms with Crippen molar-refractivity contribution in [2.45, 2.75) is 51.5 Å². The van der Waals surface area contributed by atoms with E-state index in [4.69, 9.17) is 10.9 Å². The molecule has 1 aliphatic carbocycles. The summed E-state index contributed by atoms with van der Waals surface area (Å²) in [7, 11) is 0. The molecule has 1 aromatic rings. The van der Waals surface area contributed by atoms with Gasteiger partial charge in [-0.25, -0.2) is 0 Å². The van der Waals surface area contributed by atoms with Crippen LogP contribution < -0.4 is 11.1 Å². The highest BCUT2D eigenvalue weighted by atomic mass is 16.4. The van der Waals surface area contributed by atoms with E-state index in [1.807, 2.05) is 0 Å². The maximum atomic E-state index is 8.71. The van der Waals surface area contributed by atoms with Crippen molar-refractivity contribution < 1.29 is 5.21 Å². The summed E-state index contributed by atoms with van der Waals surface area (Å²) >= 11 is 0. The van der Waals surface area contributed by atoms with Crippen LogP contribution in [0.1, 0.15) is 45.1 Å². The van der Waals surface area contributed by atoms with Crippen LogP contribution in [0.5, 0.6) is 0 Å². The van der Waals surface area contributed by atoms with Crippen LogP contribution in [0.4, 0.5) is 0 Å². The SMILES string of the molecule is CC(C)(CCc1ccccc1)NCC1(C/C(N)=N/O)CC1. The number of oxime groups is 1. The highest BCUT2D eigenvalue weighted by Crippen LogP contribution is 2.48. The molecule has 0 amide bonds. The van der Waals surface area contributed by atoms with Crippen LogP contribution >= 0.6 is 0 Å². The summed E-state index contributed by atoms with van der Waals surface area (Å²) in [5.41, 5.74) is 7.33. The largest absolute Gasteiger partial charge is 0.409 e. The first-order valence-corrected chi connectivity index (χ1v) is 7.70. The van der Waals surface area contributed by atoms with Gasteiger partial charge in [0.25, 0.3) is 0 Å². The zero-order valence-electron chi connectivity index (χ0n) is 13.1. The number of aryl methyl sites for hydroxylation is 1. The molecule has 1 fully saturated rings. The number of benzene rings is 1. The van der Waals surface area contributed by atoms with E-state index in [1.54, 1.807) is 0 Å². The molecule has 0 aliphatic heterocycles. The van der Waals surface area contributed by atoms with Gasteiger partial charge < -0.3 is 16.3 Å². The van der Waals surface area contributed by atoms with Crippen molar-refractivity contribution >= 4 is 5.84 Å². The summed E-state index contributed by atoms with van der Waals surface area (Å²) in [6.45, 7) is 5.43. The number of amidine groups is 1. The minimum Gasteiger partial charge on any atom is -0.409 e. The Hall–Kier alpha value is -1.55. The van der Waals surface area contributed by atoms with Crippen LogP contribution in [-0.2, 0) is 6.42 Å². The third-order valence-corrected chi connectivity index (χ3v) is 4.47. The van der Waals surface area contributed by atoms with E-state index in [0.29, 0.717) is 12.3 Å². The standard InChI is InChI=1S/C17H27N3O/c1-16(2,9-8-14-6-4-3-5-7-14)19-13-17(10-11-17)12-15(18)20-21/h3-7,19,21H,8-13H2,1-2H3,(H2,18,20). The average Bonchev–Trinajstić information content (AvgIpc) is 3.24. The maximum absolute atomic E-state index is 8.71. The summed E-state index contributed by atoms with van der Waals surface area (Å²) in [6.07, 6.45) is 5.17. The van der Waals surface area contributed by atoms with E-state index >= 15 is 0 Å². The first-order chi connectivity index (χ1) is 9.95. The Morgan fingerprint density at radius 3 is 2.57 bits per heavy atom. The molecule has 0 heterocycles. The first-order valence-electron chi connectivity index (χ1n) is 7.70. The molecule has 1 saturated carbocycles. The van der Waals surface area contributed by atoms with Crippen LogP contribution in [0.3, 0.4) is 0 Å². The fourth-order valence-corrected chi connectivity index (χ4v) is 2.63. The van der Waals surface area contributed by atoms with Crippen molar-refractivity contribution in [1.82, 2.24) is 5.32 Å². The Morgan fingerprint density at radius 2 is 2.00 bits per heavy atom. The molecule has 0 bridgehead atoms. The van der Waals surface area contributed by atoms with Crippen molar-refractivity contribution in [2.75, 3.05) is 6.54 Å². The van der Waals surface area contributed by atoms with Gasteiger partial charge in [-0.05, 0) is 50.5 Å². The van der Waals surface area contributed by atoms with Crippen LogP contribution in [-0.4, -0.2) is 23.1 Å². The molecule has 116 valence electrons. The van der Waals surface area contributed by atoms with Gasteiger partial charge in [-0.3, -0.25) is 0 Å². The fraction of sp³-hybridized carbons (Fsp3) is 0.588. The van der Waals surface area contributed by atoms with E-state index in [-0.39, 0.29) is 11.0 Å². The number of nitrogens with zero attached hydrogens (tertiary/aromatic N) is 1. The quantitative estimate of drug-likeness (QED) is 0.298. The monoisotopic (exact) mass is 289 g/mol. The lowest BCUT2D eigenvalue weighted by Gasteiger charge is -2.29. The molecule has 4 N–H and O–H groups in total. The molecule has 1 aromatic carbocycles. The molecule has 4 heteroatoms. The highest BCUT2D eigenvalue weighted by Gasteiger charge is 2.43. The lowest BCUT2D eigenvalue weighted by Crippen LogP contribution is -2.43. The second kappa shape index (κ2) is 6.48. The Morgan fingerprint density at radius 1 is 1.33 bits per heavy atom. The Bertz CT molecular complexity index is 478. The molecule has 0 aromatic heterocycles. The van der Waals surface area contributed by atoms with Gasteiger partial charge in [-0.15, -0.1) is 0 Å². The van der Waals surface area contributed by atoms with Crippen molar-refractivity contribution in [3.63, 3.8) is 0 Å². The van der Waals surface area contributed by atoms with Crippen LogP contribution in [0.2, 0.25) is 0 Å². The van der Waals surface area contributed by atoms with E-state index in [2.05, 4.69) is 54.7 Å². The van der Waals surface area contributed by atoms with Crippen LogP contribution in [0, 0.1) is 5.41 Å². The minimum absolute atomic E-state index is 0.0938.